The number of benzene rings is 1. The van der Waals surface area contributed by atoms with Crippen molar-refractivity contribution < 1.29 is 22.7 Å². The van der Waals surface area contributed by atoms with E-state index in [2.05, 4.69) is 4.72 Å². The van der Waals surface area contributed by atoms with Crippen molar-refractivity contribution in [2.75, 3.05) is 33.4 Å². The summed E-state index contributed by atoms with van der Waals surface area (Å²) >= 11 is 0. The highest BCUT2D eigenvalue weighted by molar-refractivity contribution is 7.89. The first-order chi connectivity index (χ1) is 13.0. The smallest absolute Gasteiger partial charge is 0.257 e. The summed E-state index contributed by atoms with van der Waals surface area (Å²) in [5.74, 6) is 0.215. The van der Waals surface area contributed by atoms with Crippen molar-refractivity contribution in [1.82, 2.24) is 9.62 Å². The van der Waals surface area contributed by atoms with Gasteiger partial charge >= 0.3 is 0 Å². The van der Waals surface area contributed by atoms with Crippen LogP contribution in [-0.4, -0.2) is 58.7 Å². The molecule has 27 heavy (non-hydrogen) atoms. The first kappa shape index (κ1) is 20.1. The van der Waals surface area contributed by atoms with Crippen LogP contribution >= 0.6 is 0 Å². The number of ether oxygens (including phenoxy) is 2. The fraction of sp³-hybridized carbons (Fsp3) is 0.632. The van der Waals surface area contributed by atoms with Crippen molar-refractivity contribution in [3.8, 4) is 5.75 Å². The second-order valence-electron chi connectivity index (χ2n) is 7.06. The summed E-state index contributed by atoms with van der Waals surface area (Å²) in [7, 11) is -2.24. The van der Waals surface area contributed by atoms with Crippen LogP contribution in [0.1, 0.15) is 48.9 Å². The number of hydrogen-bond acceptors (Lipinski definition) is 5. The molecule has 2 aliphatic heterocycles. The summed E-state index contributed by atoms with van der Waals surface area (Å²) in [4.78, 5) is 14.9. The maximum atomic E-state index is 13.0. The monoisotopic (exact) mass is 396 g/mol. The topological polar surface area (TPSA) is 84.9 Å². The van der Waals surface area contributed by atoms with Crippen LogP contribution in [0.2, 0.25) is 0 Å². The molecule has 3 rings (SSSR count). The predicted octanol–water partition coefficient (Wildman–Crippen LogP) is 2.17. The predicted molar refractivity (Wildman–Crippen MR) is 102 cm³/mol. The molecule has 2 fully saturated rings. The van der Waals surface area contributed by atoms with Crippen LogP contribution in [0, 0.1) is 0 Å². The molecule has 2 saturated heterocycles. The largest absolute Gasteiger partial charge is 0.496 e. The SMILES string of the molecule is COc1ccc(S(=O)(=O)NCC2CCCO2)cc1C(=O)N1CCCCCC1. The lowest BCUT2D eigenvalue weighted by Crippen LogP contribution is -2.33. The zero-order valence-corrected chi connectivity index (χ0v) is 16.6. The number of amides is 1. The van der Waals surface area contributed by atoms with Crippen molar-refractivity contribution in [3.63, 3.8) is 0 Å². The number of nitrogens with zero attached hydrogens (tertiary/aromatic N) is 1. The number of carbonyl (C=O) groups is 1. The maximum absolute atomic E-state index is 13.0. The van der Waals surface area contributed by atoms with Gasteiger partial charge in [0.1, 0.15) is 5.75 Å². The Hall–Kier alpha value is -1.64. The number of nitrogens with one attached hydrogen (secondary N) is 1. The Kier molecular flexibility index (Phi) is 6.73. The molecule has 1 aromatic rings. The van der Waals surface area contributed by atoms with Gasteiger partial charge in [-0.25, -0.2) is 13.1 Å². The Bertz CT molecular complexity index is 751. The van der Waals surface area contributed by atoms with Gasteiger partial charge in [-0.2, -0.15) is 0 Å². The minimum Gasteiger partial charge on any atom is -0.496 e. The second kappa shape index (κ2) is 9.03. The highest BCUT2D eigenvalue weighted by atomic mass is 32.2. The molecule has 7 nitrogen and oxygen atoms in total. The number of methoxy groups -OCH3 is 1. The van der Waals surface area contributed by atoms with Gasteiger partial charge in [-0.3, -0.25) is 4.79 Å². The van der Waals surface area contributed by atoms with Gasteiger partial charge in [0, 0.05) is 26.2 Å². The van der Waals surface area contributed by atoms with Gasteiger partial charge in [0.2, 0.25) is 10.0 Å². The van der Waals surface area contributed by atoms with Crippen LogP contribution in [0.3, 0.4) is 0 Å². The van der Waals surface area contributed by atoms with E-state index in [1.165, 1.54) is 19.2 Å². The van der Waals surface area contributed by atoms with Crippen molar-refractivity contribution >= 4 is 15.9 Å². The van der Waals surface area contributed by atoms with Crippen molar-refractivity contribution in [2.45, 2.75) is 49.5 Å². The molecule has 0 spiro atoms. The first-order valence-corrected chi connectivity index (χ1v) is 11.1. The van der Waals surface area contributed by atoms with Crippen molar-refractivity contribution in [2.24, 2.45) is 0 Å². The summed E-state index contributed by atoms with van der Waals surface area (Å²) in [5.41, 5.74) is 0.291. The average molecular weight is 397 g/mol. The third-order valence-electron chi connectivity index (χ3n) is 5.13. The average Bonchev–Trinajstić information content (AvgIpc) is 3.06. The van der Waals surface area contributed by atoms with Crippen LogP contribution in [-0.2, 0) is 14.8 Å². The lowest BCUT2D eigenvalue weighted by Gasteiger charge is -2.22. The molecular weight excluding hydrogens is 368 g/mol. The third kappa shape index (κ3) is 5.00. The van der Waals surface area contributed by atoms with Gasteiger partial charge in [-0.05, 0) is 43.9 Å². The standard InChI is InChI=1S/C19H28N2O5S/c1-25-18-9-8-16(27(23,24)20-14-15-7-6-12-26-15)13-17(18)19(22)21-10-4-2-3-5-11-21/h8-9,13,15,20H,2-7,10-12,14H2,1H3. The fourth-order valence-electron chi connectivity index (χ4n) is 3.56. The van der Waals surface area contributed by atoms with E-state index in [-0.39, 0.29) is 23.5 Å². The van der Waals surface area contributed by atoms with E-state index in [4.69, 9.17) is 9.47 Å². The maximum Gasteiger partial charge on any atom is 0.257 e. The van der Waals surface area contributed by atoms with Gasteiger partial charge in [-0.1, -0.05) is 12.8 Å². The summed E-state index contributed by atoms with van der Waals surface area (Å²) < 4.78 is 38.7. The zero-order chi connectivity index (χ0) is 19.3. The molecule has 0 bridgehead atoms. The zero-order valence-electron chi connectivity index (χ0n) is 15.8. The number of likely N-dealkylation sites (tertiary alicyclic amines) is 1. The molecule has 0 radical (unpaired) electrons. The quantitative estimate of drug-likeness (QED) is 0.797. The van der Waals surface area contributed by atoms with Gasteiger partial charge in [0.15, 0.2) is 0 Å². The van der Waals surface area contributed by atoms with E-state index >= 15 is 0 Å². The van der Waals surface area contributed by atoms with Crippen LogP contribution in [0.5, 0.6) is 5.75 Å². The molecular formula is C19H28N2O5S. The Morgan fingerprint density at radius 3 is 2.59 bits per heavy atom. The molecule has 0 aliphatic carbocycles. The van der Waals surface area contributed by atoms with Gasteiger partial charge < -0.3 is 14.4 Å². The Balaban J connectivity index is 1.80. The van der Waals surface area contributed by atoms with E-state index in [0.29, 0.717) is 31.0 Å². The number of carbonyl (C=O) groups excluding carboxylic acids is 1. The molecule has 8 heteroatoms. The van der Waals surface area contributed by atoms with Crippen LogP contribution < -0.4 is 9.46 Å². The van der Waals surface area contributed by atoms with Gasteiger partial charge in [0.25, 0.3) is 5.91 Å². The Morgan fingerprint density at radius 1 is 1.22 bits per heavy atom. The highest BCUT2D eigenvalue weighted by Crippen LogP contribution is 2.25. The molecule has 1 amide bonds. The lowest BCUT2D eigenvalue weighted by molar-refractivity contribution is 0.0758. The number of sulfonamides is 1. The van der Waals surface area contributed by atoms with E-state index in [1.54, 1.807) is 11.0 Å². The molecule has 1 aromatic carbocycles. The highest BCUT2D eigenvalue weighted by Gasteiger charge is 2.25. The number of rotatable bonds is 6. The summed E-state index contributed by atoms with van der Waals surface area (Å²) in [6.45, 7) is 2.29. The number of hydrogen-bond donors (Lipinski definition) is 1. The van der Waals surface area contributed by atoms with Crippen LogP contribution in [0.25, 0.3) is 0 Å². The van der Waals surface area contributed by atoms with Crippen LogP contribution in [0.15, 0.2) is 23.1 Å². The first-order valence-electron chi connectivity index (χ1n) is 9.60. The molecule has 150 valence electrons. The fourth-order valence-corrected chi connectivity index (χ4v) is 4.65. The molecule has 2 heterocycles. The molecule has 0 aromatic heterocycles. The summed E-state index contributed by atoms with van der Waals surface area (Å²) in [5, 5.41) is 0. The van der Waals surface area contributed by atoms with E-state index in [1.807, 2.05) is 0 Å². The molecule has 1 N–H and O–H groups in total. The lowest BCUT2D eigenvalue weighted by atomic mass is 10.1. The van der Waals surface area contributed by atoms with Crippen molar-refractivity contribution in [3.05, 3.63) is 23.8 Å². The van der Waals surface area contributed by atoms with Gasteiger partial charge in [-0.15, -0.1) is 0 Å². The van der Waals surface area contributed by atoms with E-state index in [9.17, 15) is 13.2 Å². The third-order valence-corrected chi connectivity index (χ3v) is 6.55. The van der Waals surface area contributed by atoms with Gasteiger partial charge in [0.05, 0.1) is 23.7 Å². The van der Waals surface area contributed by atoms with E-state index < -0.39 is 10.0 Å². The summed E-state index contributed by atoms with van der Waals surface area (Å²) in [6.07, 6.45) is 5.87. The molecule has 1 unspecified atom stereocenters. The van der Waals surface area contributed by atoms with E-state index in [0.717, 1.165) is 38.5 Å². The second-order valence-corrected chi connectivity index (χ2v) is 8.82. The van der Waals surface area contributed by atoms with Crippen molar-refractivity contribution in [1.29, 1.82) is 0 Å². The Morgan fingerprint density at radius 2 is 1.96 bits per heavy atom. The summed E-state index contributed by atoms with van der Waals surface area (Å²) in [6, 6.07) is 4.44. The molecule has 2 aliphatic rings. The Labute approximate surface area is 161 Å². The minimum atomic E-state index is -3.72. The minimum absolute atomic E-state index is 0.0690. The van der Waals surface area contributed by atoms with Crippen LogP contribution in [0.4, 0.5) is 0 Å². The molecule has 1 atom stereocenters. The normalized spacial score (nSPS) is 21.1. The molecule has 0 saturated carbocycles.